The van der Waals surface area contributed by atoms with E-state index in [-0.39, 0.29) is 0 Å². The Hall–Kier alpha value is -2.07. The molecular weight excluding hydrogens is 324 g/mol. The number of aryl methyl sites for hydroxylation is 1. The van der Waals surface area contributed by atoms with Crippen LogP contribution in [-0.4, -0.2) is 40.7 Å². The van der Waals surface area contributed by atoms with Crippen molar-refractivity contribution in [3.8, 4) is 11.5 Å². The number of ether oxygens (including phenoxy) is 1. The van der Waals surface area contributed by atoms with E-state index in [1.807, 2.05) is 37.4 Å². The van der Waals surface area contributed by atoms with Crippen LogP contribution in [0.1, 0.15) is 36.9 Å². The molecule has 0 amide bonds. The second-order valence-electron chi connectivity index (χ2n) is 8.08. The summed E-state index contributed by atoms with van der Waals surface area (Å²) in [6, 6.07) is 11.7. The van der Waals surface area contributed by atoms with Crippen LogP contribution in [0.2, 0.25) is 0 Å². The predicted octanol–water partition coefficient (Wildman–Crippen LogP) is 3.99. The number of phenolic OH excluding ortho intramolecular Hbond substituents is 1. The highest BCUT2D eigenvalue weighted by atomic mass is 16.5. The molecule has 1 aliphatic heterocycles. The van der Waals surface area contributed by atoms with Gasteiger partial charge in [-0.25, -0.2) is 0 Å². The van der Waals surface area contributed by atoms with E-state index in [4.69, 9.17) is 4.74 Å². The number of nitrogens with zero attached hydrogens (tertiary/aromatic N) is 2. The number of hydrogen-bond acceptors (Lipinski definition) is 4. The number of fused-ring (bicyclic) bond motifs is 1. The predicted molar refractivity (Wildman–Crippen MR) is 103 cm³/mol. The highest BCUT2D eigenvalue weighted by Gasteiger charge is 2.41. The van der Waals surface area contributed by atoms with Crippen LogP contribution in [0, 0.1) is 18.8 Å². The fraction of sp³-hybridized carbons (Fsp3) is 0.500. The molecule has 2 fully saturated rings. The van der Waals surface area contributed by atoms with Crippen molar-refractivity contribution in [2.75, 3.05) is 19.6 Å². The summed E-state index contributed by atoms with van der Waals surface area (Å²) in [6.07, 6.45) is 4.49. The SMILES string of the molecule is Cc1ccc(O[C@H]2C[C@@H]3CN(CC(C)c4ccc(O)cc4)C[C@@H]3C2)cn1. The highest BCUT2D eigenvalue weighted by molar-refractivity contribution is 5.28. The summed E-state index contributed by atoms with van der Waals surface area (Å²) in [5.74, 6) is 3.24. The van der Waals surface area contributed by atoms with Crippen molar-refractivity contribution in [3.05, 3.63) is 53.9 Å². The molecular formula is C22H28N2O2. The smallest absolute Gasteiger partial charge is 0.138 e. The molecule has 4 nitrogen and oxygen atoms in total. The van der Waals surface area contributed by atoms with Crippen molar-refractivity contribution in [1.29, 1.82) is 0 Å². The van der Waals surface area contributed by atoms with Gasteiger partial charge in [-0.05, 0) is 67.3 Å². The first-order chi connectivity index (χ1) is 12.6. The fourth-order valence-corrected chi connectivity index (χ4v) is 4.60. The minimum absolute atomic E-state index is 0.339. The van der Waals surface area contributed by atoms with E-state index in [0.29, 0.717) is 17.8 Å². The fourth-order valence-electron chi connectivity index (χ4n) is 4.60. The quantitative estimate of drug-likeness (QED) is 0.884. The molecule has 2 aliphatic rings. The zero-order valence-corrected chi connectivity index (χ0v) is 15.6. The number of hydrogen-bond donors (Lipinski definition) is 1. The molecule has 1 unspecified atom stereocenters. The molecule has 1 saturated heterocycles. The molecule has 4 rings (SSSR count). The molecule has 4 heteroatoms. The zero-order chi connectivity index (χ0) is 18.1. The van der Waals surface area contributed by atoms with Crippen molar-refractivity contribution < 1.29 is 9.84 Å². The Morgan fingerprint density at radius 3 is 2.42 bits per heavy atom. The molecule has 0 radical (unpaired) electrons. The van der Waals surface area contributed by atoms with E-state index in [1.165, 1.54) is 18.7 Å². The van der Waals surface area contributed by atoms with Crippen LogP contribution < -0.4 is 4.74 Å². The highest BCUT2D eigenvalue weighted by Crippen LogP contribution is 2.40. The second kappa shape index (κ2) is 7.28. The molecule has 1 aliphatic carbocycles. The summed E-state index contributed by atoms with van der Waals surface area (Å²) in [5, 5.41) is 9.45. The van der Waals surface area contributed by atoms with Crippen LogP contribution in [0.4, 0.5) is 0 Å². The number of benzene rings is 1. The Morgan fingerprint density at radius 2 is 1.81 bits per heavy atom. The maximum absolute atomic E-state index is 9.45. The molecule has 1 aromatic heterocycles. The van der Waals surface area contributed by atoms with Gasteiger partial charge in [-0.1, -0.05) is 19.1 Å². The first-order valence-corrected chi connectivity index (χ1v) is 9.67. The van der Waals surface area contributed by atoms with Gasteiger partial charge < -0.3 is 14.7 Å². The number of likely N-dealkylation sites (tertiary alicyclic amines) is 1. The van der Waals surface area contributed by atoms with Crippen LogP contribution in [-0.2, 0) is 0 Å². The normalized spacial score (nSPS) is 26.6. The van der Waals surface area contributed by atoms with Gasteiger partial charge >= 0.3 is 0 Å². The number of phenols is 1. The molecule has 0 spiro atoms. The monoisotopic (exact) mass is 352 g/mol. The Morgan fingerprint density at radius 1 is 1.12 bits per heavy atom. The summed E-state index contributed by atoms with van der Waals surface area (Å²) in [6.45, 7) is 7.72. The lowest BCUT2D eigenvalue weighted by Gasteiger charge is -2.23. The van der Waals surface area contributed by atoms with E-state index in [0.717, 1.165) is 42.7 Å². The molecule has 2 aromatic rings. The van der Waals surface area contributed by atoms with Gasteiger partial charge in [0.1, 0.15) is 11.5 Å². The molecule has 0 bridgehead atoms. The second-order valence-corrected chi connectivity index (χ2v) is 8.08. The van der Waals surface area contributed by atoms with Crippen LogP contribution in [0.25, 0.3) is 0 Å². The summed E-state index contributed by atoms with van der Waals surface area (Å²) in [5.41, 5.74) is 2.33. The van der Waals surface area contributed by atoms with E-state index in [9.17, 15) is 5.11 Å². The molecule has 1 N–H and O–H groups in total. The average molecular weight is 352 g/mol. The Labute approximate surface area is 155 Å². The number of aromatic hydroxyl groups is 1. The van der Waals surface area contributed by atoms with Gasteiger partial charge in [-0.3, -0.25) is 4.98 Å². The standard InChI is InChI=1S/C22H28N2O2/c1-15(17-4-6-20(25)7-5-17)12-24-13-18-9-22(10-19(18)14-24)26-21-8-3-16(2)23-11-21/h3-8,11,15,18-19,22,25H,9-10,12-14H2,1-2H3/t15?,18-,19+,22+. The van der Waals surface area contributed by atoms with Gasteiger partial charge in [0.25, 0.3) is 0 Å². The van der Waals surface area contributed by atoms with Crippen LogP contribution in [0.5, 0.6) is 11.5 Å². The van der Waals surface area contributed by atoms with Crippen molar-refractivity contribution in [2.24, 2.45) is 11.8 Å². The first-order valence-electron chi connectivity index (χ1n) is 9.67. The van der Waals surface area contributed by atoms with Crippen molar-refractivity contribution in [3.63, 3.8) is 0 Å². The molecule has 26 heavy (non-hydrogen) atoms. The van der Waals surface area contributed by atoms with Crippen LogP contribution in [0.15, 0.2) is 42.6 Å². The lowest BCUT2D eigenvalue weighted by molar-refractivity contribution is 0.183. The van der Waals surface area contributed by atoms with Gasteiger partial charge in [0.05, 0.1) is 12.3 Å². The van der Waals surface area contributed by atoms with E-state index in [1.54, 1.807) is 12.1 Å². The van der Waals surface area contributed by atoms with E-state index >= 15 is 0 Å². The van der Waals surface area contributed by atoms with Gasteiger partial charge in [-0.15, -0.1) is 0 Å². The minimum atomic E-state index is 0.339. The molecule has 1 aromatic carbocycles. The van der Waals surface area contributed by atoms with Crippen LogP contribution in [0.3, 0.4) is 0 Å². The number of rotatable bonds is 5. The summed E-state index contributed by atoms with van der Waals surface area (Å²) >= 11 is 0. The maximum atomic E-state index is 9.45. The van der Waals surface area contributed by atoms with Crippen molar-refractivity contribution in [2.45, 2.75) is 38.7 Å². The third-order valence-corrected chi connectivity index (χ3v) is 5.96. The van der Waals surface area contributed by atoms with E-state index in [2.05, 4.69) is 16.8 Å². The largest absolute Gasteiger partial charge is 0.508 e. The van der Waals surface area contributed by atoms with Gasteiger partial charge in [0.15, 0.2) is 0 Å². The topological polar surface area (TPSA) is 45.6 Å². The molecule has 4 atom stereocenters. The first kappa shape index (κ1) is 17.3. The Kier molecular flexibility index (Phi) is 4.86. The summed E-state index contributed by atoms with van der Waals surface area (Å²) < 4.78 is 6.16. The van der Waals surface area contributed by atoms with Crippen molar-refractivity contribution in [1.82, 2.24) is 9.88 Å². The lowest BCUT2D eigenvalue weighted by atomic mass is 10.0. The number of pyridine rings is 1. The average Bonchev–Trinajstić information content (AvgIpc) is 3.15. The third-order valence-electron chi connectivity index (χ3n) is 5.96. The van der Waals surface area contributed by atoms with Gasteiger partial charge in [0, 0.05) is 25.3 Å². The van der Waals surface area contributed by atoms with Crippen molar-refractivity contribution >= 4 is 0 Å². The maximum Gasteiger partial charge on any atom is 0.138 e. The van der Waals surface area contributed by atoms with Gasteiger partial charge in [0.2, 0.25) is 0 Å². The lowest BCUT2D eigenvalue weighted by Crippen LogP contribution is -2.28. The molecule has 138 valence electrons. The Balaban J connectivity index is 1.28. The zero-order valence-electron chi connectivity index (χ0n) is 15.6. The molecule has 2 heterocycles. The van der Waals surface area contributed by atoms with Gasteiger partial charge in [-0.2, -0.15) is 0 Å². The summed E-state index contributed by atoms with van der Waals surface area (Å²) in [7, 11) is 0. The summed E-state index contributed by atoms with van der Waals surface area (Å²) in [4.78, 5) is 6.93. The number of aromatic nitrogens is 1. The minimum Gasteiger partial charge on any atom is -0.508 e. The Bertz CT molecular complexity index is 715. The third kappa shape index (κ3) is 3.85. The van der Waals surface area contributed by atoms with E-state index < -0.39 is 0 Å². The van der Waals surface area contributed by atoms with Crippen LogP contribution >= 0.6 is 0 Å². The molecule has 1 saturated carbocycles.